The minimum absolute atomic E-state index is 0.0198. The molecule has 264 valence electrons. The van der Waals surface area contributed by atoms with E-state index in [-0.39, 0.29) is 35.5 Å². The number of unbranched alkanes of at least 4 members (excludes halogenated alkanes) is 2. The van der Waals surface area contributed by atoms with E-state index in [0.717, 1.165) is 64.0 Å². The van der Waals surface area contributed by atoms with Gasteiger partial charge in [-0.1, -0.05) is 47.1 Å². The summed E-state index contributed by atoms with van der Waals surface area (Å²) in [6.07, 6.45) is 3.72. The van der Waals surface area contributed by atoms with Crippen LogP contribution < -0.4 is 21.1 Å². The highest BCUT2D eigenvalue weighted by atomic mass is 16.5. The Labute approximate surface area is 279 Å². The first-order chi connectivity index (χ1) is 22.0. The molecule has 0 radical (unpaired) electrons. The molecular weight excluding hydrogens is 582 g/mol. The number of hydrogen-bond acceptors (Lipinski definition) is 8. The Hall–Kier alpha value is -2.24. The largest absolute Gasteiger partial charge is 0.493 e. The SMILES string of the molecule is CCCCNC(=O)C(CC(O)C(N)CC(CNC(=O)c1ccc(CN2CCN(C)CC2)cc1OCCCCOC)C(C)C)C(C)C. The molecule has 1 aliphatic rings. The topological polar surface area (TPSA) is 129 Å². The Bertz CT molecular complexity index is 1010. The van der Waals surface area contributed by atoms with Crippen molar-refractivity contribution in [3.8, 4) is 5.75 Å². The number of nitrogens with zero attached hydrogens (tertiary/aromatic N) is 2. The number of piperazine rings is 1. The maximum Gasteiger partial charge on any atom is 0.255 e. The number of nitrogens with one attached hydrogen (secondary N) is 2. The molecular formula is C36H65N5O5. The molecule has 1 fully saturated rings. The number of nitrogens with two attached hydrogens (primary N) is 1. The van der Waals surface area contributed by atoms with E-state index >= 15 is 0 Å². The van der Waals surface area contributed by atoms with E-state index in [0.29, 0.717) is 50.5 Å². The second-order valence-corrected chi connectivity index (χ2v) is 13.9. The summed E-state index contributed by atoms with van der Waals surface area (Å²) in [6.45, 7) is 17.5. The molecule has 2 rings (SSSR count). The number of carbonyl (C=O) groups is 2. The monoisotopic (exact) mass is 647 g/mol. The predicted octanol–water partition coefficient (Wildman–Crippen LogP) is 3.90. The van der Waals surface area contributed by atoms with E-state index in [4.69, 9.17) is 15.2 Å². The Balaban J connectivity index is 2.05. The van der Waals surface area contributed by atoms with Gasteiger partial charge in [-0.25, -0.2) is 0 Å². The fraction of sp³-hybridized carbons (Fsp3) is 0.778. The van der Waals surface area contributed by atoms with Gasteiger partial charge in [-0.15, -0.1) is 0 Å². The van der Waals surface area contributed by atoms with Gasteiger partial charge in [0.1, 0.15) is 5.75 Å². The van der Waals surface area contributed by atoms with Crippen LogP contribution in [-0.2, 0) is 16.1 Å². The normalized spacial score (nSPS) is 17.1. The maximum atomic E-state index is 13.5. The first-order valence-electron chi connectivity index (χ1n) is 17.6. The molecule has 1 saturated heterocycles. The molecule has 0 aliphatic carbocycles. The molecule has 1 aliphatic heterocycles. The average molecular weight is 648 g/mol. The molecule has 0 bridgehead atoms. The van der Waals surface area contributed by atoms with Gasteiger partial charge in [0.25, 0.3) is 5.91 Å². The van der Waals surface area contributed by atoms with Crippen molar-refractivity contribution in [2.75, 3.05) is 66.6 Å². The minimum Gasteiger partial charge on any atom is -0.493 e. The summed E-state index contributed by atoms with van der Waals surface area (Å²) in [5, 5.41) is 17.2. The summed E-state index contributed by atoms with van der Waals surface area (Å²) in [4.78, 5) is 31.1. The molecule has 10 heteroatoms. The van der Waals surface area contributed by atoms with Crippen LogP contribution in [0.2, 0.25) is 0 Å². The molecule has 4 atom stereocenters. The second-order valence-electron chi connectivity index (χ2n) is 13.9. The van der Waals surface area contributed by atoms with E-state index < -0.39 is 12.1 Å². The highest BCUT2D eigenvalue weighted by Gasteiger charge is 2.30. The highest BCUT2D eigenvalue weighted by Crippen LogP contribution is 2.25. The zero-order valence-electron chi connectivity index (χ0n) is 29.9. The molecule has 0 spiro atoms. The Kier molecular flexibility index (Phi) is 18.8. The van der Waals surface area contributed by atoms with Gasteiger partial charge in [-0.2, -0.15) is 0 Å². The van der Waals surface area contributed by atoms with Crippen molar-refractivity contribution in [3.05, 3.63) is 29.3 Å². The van der Waals surface area contributed by atoms with E-state index in [1.54, 1.807) is 7.11 Å². The third-order valence-corrected chi connectivity index (χ3v) is 9.30. The van der Waals surface area contributed by atoms with Crippen LogP contribution in [0.3, 0.4) is 0 Å². The lowest BCUT2D eigenvalue weighted by Crippen LogP contribution is -2.44. The summed E-state index contributed by atoms with van der Waals surface area (Å²) in [6, 6.07) is 5.41. The van der Waals surface area contributed by atoms with E-state index in [9.17, 15) is 14.7 Å². The smallest absolute Gasteiger partial charge is 0.255 e. The van der Waals surface area contributed by atoms with Crippen LogP contribution in [0.4, 0.5) is 0 Å². The Morgan fingerprint density at radius 2 is 1.67 bits per heavy atom. The van der Waals surface area contributed by atoms with Crippen LogP contribution in [0.5, 0.6) is 5.75 Å². The third kappa shape index (κ3) is 14.3. The van der Waals surface area contributed by atoms with Crippen molar-refractivity contribution in [3.63, 3.8) is 0 Å². The van der Waals surface area contributed by atoms with Gasteiger partial charge in [0.2, 0.25) is 5.91 Å². The number of carbonyl (C=O) groups excluding carboxylic acids is 2. The van der Waals surface area contributed by atoms with Crippen molar-refractivity contribution in [1.82, 2.24) is 20.4 Å². The first-order valence-corrected chi connectivity index (χ1v) is 17.6. The van der Waals surface area contributed by atoms with Gasteiger partial charge < -0.3 is 35.8 Å². The van der Waals surface area contributed by atoms with Gasteiger partial charge in [0.15, 0.2) is 0 Å². The fourth-order valence-electron chi connectivity index (χ4n) is 5.82. The lowest BCUT2D eigenvalue weighted by atomic mass is 9.83. The quantitative estimate of drug-likeness (QED) is 0.140. The van der Waals surface area contributed by atoms with Crippen LogP contribution in [0.25, 0.3) is 0 Å². The number of benzene rings is 1. The molecule has 4 unspecified atom stereocenters. The van der Waals surface area contributed by atoms with Crippen molar-refractivity contribution < 1.29 is 24.2 Å². The molecule has 1 aromatic carbocycles. The van der Waals surface area contributed by atoms with Gasteiger partial charge in [0, 0.05) is 71.5 Å². The molecule has 5 N–H and O–H groups in total. The van der Waals surface area contributed by atoms with Crippen LogP contribution in [0.1, 0.15) is 89.1 Å². The number of ether oxygens (including phenoxy) is 2. The molecule has 46 heavy (non-hydrogen) atoms. The summed E-state index contributed by atoms with van der Waals surface area (Å²) in [5.74, 6) is 0.482. The van der Waals surface area contributed by atoms with Gasteiger partial charge in [-0.05, 0) is 74.6 Å². The van der Waals surface area contributed by atoms with Crippen LogP contribution in [-0.4, -0.2) is 106 Å². The molecule has 0 aromatic heterocycles. The number of amides is 2. The van der Waals surface area contributed by atoms with Crippen molar-refractivity contribution in [1.29, 1.82) is 0 Å². The fourth-order valence-corrected chi connectivity index (χ4v) is 5.82. The van der Waals surface area contributed by atoms with Crippen molar-refractivity contribution >= 4 is 11.8 Å². The van der Waals surface area contributed by atoms with E-state index in [2.05, 4.69) is 48.3 Å². The van der Waals surface area contributed by atoms with Crippen molar-refractivity contribution in [2.24, 2.45) is 29.4 Å². The highest BCUT2D eigenvalue weighted by molar-refractivity contribution is 5.97. The molecule has 1 heterocycles. The molecule has 0 saturated carbocycles. The average Bonchev–Trinajstić information content (AvgIpc) is 3.02. The van der Waals surface area contributed by atoms with Crippen LogP contribution in [0.15, 0.2) is 18.2 Å². The maximum absolute atomic E-state index is 13.5. The molecule has 2 amide bonds. The number of likely N-dealkylation sites (N-methyl/N-ethyl adjacent to an activating group) is 1. The zero-order valence-corrected chi connectivity index (χ0v) is 29.9. The van der Waals surface area contributed by atoms with Crippen LogP contribution in [0, 0.1) is 23.7 Å². The number of rotatable bonds is 22. The van der Waals surface area contributed by atoms with Gasteiger partial charge >= 0.3 is 0 Å². The number of methoxy groups -OCH3 is 1. The third-order valence-electron chi connectivity index (χ3n) is 9.30. The second kappa shape index (κ2) is 21.6. The van der Waals surface area contributed by atoms with Crippen LogP contribution >= 0.6 is 0 Å². The predicted molar refractivity (Wildman–Crippen MR) is 186 cm³/mol. The lowest BCUT2D eigenvalue weighted by Gasteiger charge is -2.32. The number of aliphatic hydroxyl groups is 1. The molecule has 10 nitrogen and oxygen atoms in total. The summed E-state index contributed by atoms with van der Waals surface area (Å²) in [5.41, 5.74) is 8.18. The summed E-state index contributed by atoms with van der Waals surface area (Å²) >= 11 is 0. The summed E-state index contributed by atoms with van der Waals surface area (Å²) in [7, 11) is 3.85. The minimum atomic E-state index is -0.813. The van der Waals surface area contributed by atoms with Gasteiger partial charge in [0.05, 0.1) is 18.3 Å². The number of hydrogen-bond donors (Lipinski definition) is 4. The van der Waals surface area contributed by atoms with E-state index in [1.165, 1.54) is 0 Å². The Morgan fingerprint density at radius 3 is 2.30 bits per heavy atom. The standard InChI is InChI=1S/C36H65N5O5/c1-8-9-14-38-36(44)31(27(4)5)23-33(42)32(37)22-29(26(2)3)24-39-35(43)30-13-12-28(25-41-17-15-40(6)16-18-41)21-34(30)46-20-11-10-19-45-7/h12-13,21,26-27,29,31-33,42H,8-11,14-20,22-25,37H2,1-7H3,(H,38,44)(H,39,43). The lowest BCUT2D eigenvalue weighted by molar-refractivity contribution is -0.127. The number of aliphatic hydroxyl groups excluding tert-OH is 1. The summed E-state index contributed by atoms with van der Waals surface area (Å²) < 4.78 is 11.3. The van der Waals surface area contributed by atoms with E-state index in [1.807, 2.05) is 32.0 Å². The van der Waals surface area contributed by atoms with Crippen molar-refractivity contribution in [2.45, 2.75) is 91.8 Å². The zero-order chi connectivity index (χ0) is 34.1. The first kappa shape index (κ1) is 39.9. The Morgan fingerprint density at radius 1 is 0.978 bits per heavy atom. The van der Waals surface area contributed by atoms with Gasteiger partial charge in [-0.3, -0.25) is 14.5 Å². The molecule has 1 aromatic rings.